The van der Waals surface area contributed by atoms with Gasteiger partial charge in [0.25, 0.3) is 0 Å². The Morgan fingerprint density at radius 2 is 2.05 bits per heavy atom. The van der Waals surface area contributed by atoms with Crippen LogP contribution in [0.3, 0.4) is 0 Å². The number of methoxy groups -OCH3 is 1. The number of hydrogen-bond acceptors (Lipinski definition) is 4. The maximum atomic E-state index is 6.03. The summed E-state index contributed by atoms with van der Waals surface area (Å²) in [6.45, 7) is 3.11. The highest BCUT2D eigenvalue weighted by Crippen LogP contribution is 2.34. The van der Waals surface area contributed by atoms with E-state index in [0.29, 0.717) is 6.04 Å². The number of nitrogens with zero attached hydrogens (tertiary/aromatic N) is 3. The summed E-state index contributed by atoms with van der Waals surface area (Å²) in [6, 6.07) is 0.312. The van der Waals surface area contributed by atoms with Gasteiger partial charge in [0.15, 0.2) is 0 Å². The molecule has 0 spiro atoms. The van der Waals surface area contributed by atoms with Crippen molar-refractivity contribution in [1.29, 1.82) is 0 Å². The molecule has 5 nitrogen and oxygen atoms in total. The Morgan fingerprint density at radius 1 is 1.35 bits per heavy atom. The van der Waals surface area contributed by atoms with Crippen molar-refractivity contribution >= 4 is 0 Å². The minimum Gasteiger partial charge on any atom is -0.377 e. The molecule has 1 fully saturated rings. The second-order valence-electron chi connectivity index (χ2n) is 5.88. The van der Waals surface area contributed by atoms with Gasteiger partial charge in [-0.25, -0.2) is 0 Å². The first-order valence-corrected chi connectivity index (χ1v) is 7.84. The highest BCUT2D eigenvalue weighted by molar-refractivity contribution is 5.03. The van der Waals surface area contributed by atoms with E-state index in [1.54, 1.807) is 4.68 Å². The highest BCUT2D eigenvalue weighted by atomic mass is 16.5. The first-order valence-electron chi connectivity index (χ1n) is 7.84. The molecule has 0 amide bonds. The van der Waals surface area contributed by atoms with E-state index in [9.17, 15) is 0 Å². The van der Waals surface area contributed by atoms with Crippen LogP contribution in [0.15, 0.2) is 6.20 Å². The van der Waals surface area contributed by atoms with Gasteiger partial charge in [0, 0.05) is 32.8 Å². The molecule has 1 saturated carbocycles. The number of rotatable bonds is 6. The Labute approximate surface area is 122 Å². The van der Waals surface area contributed by atoms with Crippen LogP contribution in [0, 0.1) is 0 Å². The zero-order valence-electron chi connectivity index (χ0n) is 13.1. The molecule has 1 unspecified atom stereocenters. The molecule has 0 aliphatic heterocycles. The van der Waals surface area contributed by atoms with Crippen molar-refractivity contribution in [2.75, 3.05) is 13.7 Å². The standard InChI is InChI=1S/C15H28N4O/c1-4-16-14(11-13-12-19(2)18-17-13)15(20-3)9-7-5-6-8-10-15/h12,14,16H,4-11H2,1-3H3. The smallest absolute Gasteiger partial charge is 0.0843 e. The van der Waals surface area contributed by atoms with E-state index in [1.165, 1.54) is 25.7 Å². The molecule has 20 heavy (non-hydrogen) atoms. The number of aryl methyl sites for hydroxylation is 1. The summed E-state index contributed by atoms with van der Waals surface area (Å²) in [7, 11) is 3.78. The monoisotopic (exact) mass is 280 g/mol. The molecule has 0 aromatic carbocycles. The zero-order valence-corrected chi connectivity index (χ0v) is 13.1. The molecule has 1 N–H and O–H groups in total. The van der Waals surface area contributed by atoms with Crippen LogP contribution in [0.4, 0.5) is 0 Å². The minimum absolute atomic E-state index is 0.0516. The molecule has 0 saturated heterocycles. The third kappa shape index (κ3) is 3.58. The minimum atomic E-state index is -0.0516. The lowest BCUT2D eigenvalue weighted by Crippen LogP contribution is -2.53. The van der Waals surface area contributed by atoms with E-state index in [2.05, 4.69) is 22.6 Å². The maximum Gasteiger partial charge on any atom is 0.0843 e. The second-order valence-corrected chi connectivity index (χ2v) is 5.88. The van der Waals surface area contributed by atoms with Crippen molar-refractivity contribution in [2.45, 2.75) is 63.5 Å². The Hall–Kier alpha value is -0.940. The topological polar surface area (TPSA) is 52.0 Å². The number of likely N-dealkylation sites (N-methyl/N-ethyl adjacent to an activating group) is 1. The molecule has 0 bridgehead atoms. The zero-order chi connectivity index (χ0) is 14.4. The number of hydrogen-bond donors (Lipinski definition) is 1. The predicted octanol–water partition coefficient (Wildman–Crippen LogP) is 2.08. The molecular weight excluding hydrogens is 252 g/mol. The van der Waals surface area contributed by atoms with Crippen LogP contribution >= 0.6 is 0 Å². The normalized spacial score (nSPS) is 20.6. The van der Waals surface area contributed by atoms with Crippen molar-refractivity contribution in [3.63, 3.8) is 0 Å². The second kappa shape index (κ2) is 7.18. The molecule has 1 aliphatic rings. The molecule has 1 aromatic rings. The fourth-order valence-corrected chi connectivity index (χ4v) is 3.41. The van der Waals surface area contributed by atoms with Gasteiger partial charge in [-0.15, -0.1) is 5.10 Å². The third-order valence-electron chi connectivity index (χ3n) is 4.51. The first kappa shape index (κ1) is 15.4. The van der Waals surface area contributed by atoms with Crippen molar-refractivity contribution in [1.82, 2.24) is 20.3 Å². The summed E-state index contributed by atoms with van der Waals surface area (Å²) in [5.41, 5.74) is 0.989. The Bertz CT molecular complexity index is 396. The average molecular weight is 280 g/mol. The molecule has 2 rings (SSSR count). The van der Waals surface area contributed by atoms with Gasteiger partial charge in [-0.1, -0.05) is 37.8 Å². The van der Waals surface area contributed by atoms with E-state index in [4.69, 9.17) is 4.74 Å². The van der Waals surface area contributed by atoms with E-state index in [-0.39, 0.29) is 5.60 Å². The van der Waals surface area contributed by atoms with Crippen LogP contribution in [-0.2, 0) is 18.2 Å². The first-order chi connectivity index (χ1) is 9.70. The fraction of sp³-hybridized carbons (Fsp3) is 0.867. The number of ether oxygens (including phenoxy) is 1. The van der Waals surface area contributed by atoms with Gasteiger partial charge in [-0.3, -0.25) is 4.68 Å². The molecule has 0 radical (unpaired) electrons. The van der Waals surface area contributed by atoms with Crippen molar-refractivity contribution in [3.05, 3.63) is 11.9 Å². The van der Waals surface area contributed by atoms with Crippen LogP contribution in [-0.4, -0.2) is 40.3 Å². The van der Waals surface area contributed by atoms with Gasteiger partial charge in [-0.05, 0) is 19.4 Å². The van der Waals surface area contributed by atoms with Crippen molar-refractivity contribution in [2.24, 2.45) is 7.05 Å². The lowest BCUT2D eigenvalue weighted by molar-refractivity contribution is -0.0525. The summed E-state index contributed by atoms with van der Waals surface area (Å²) in [5, 5.41) is 11.9. The quantitative estimate of drug-likeness (QED) is 0.811. The van der Waals surface area contributed by atoms with Gasteiger partial charge in [0.2, 0.25) is 0 Å². The molecule has 114 valence electrons. The lowest BCUT2D eigenvalue weighted by Gasteiger charge is -2.39. The van der Waals surface area contributed by atoms with Crippen molar-refractivity contribution in [3.8, 4) is 0 Å². The molecule has 5 heteroatoms. The lowest BCUT2D eigenvalue weighted by atomic mass is 9.83. The van der Waals surface area contributed by atoms with Gasteiger partial charge < -0.3 is 10.1 Å². The largest absolute Gasteiger partial charge is 0.377 e. The Morgan fingerprint density at radius 3 is 2.55 bits per heavy atom. The molecule has 1 aromatic heterocycles. The number of nitrogens with one attached hydrogen (secondary N) is 1. The van der Waals surface area contributed by atoms with E-state index >= 15 is 0 Å². The molecule has 1 heterocycles. The summed E-state index contributed by atoms with van der Waals surface area (Å²) in [5.74, 6) is 0. The van der Waals surface area contributed by atoms with E-state index < -0.39 is 0 Å². The molecule has 1 aliphatic carbocycles. The average Bonchev–Trinajstić information content (AvgIpc) is 2.72. The fourth-order valence-electron chi connectivity index (χ4n) is 3.41. The summed E-state index contributed by atoms with van der Waals surface area (Å²) in [4.78, 5) is 0. The van der Waals surface area contributed by atoms with E-state index in [0.717, 1.165) is 31.5 Å². The number of aromatic nitrogens is 3. The van der Waals surface area contributed by atoms with Crippen LogP contribution in [0.1, 0.15) is 51.1 Å². The van der Waals surface area contributed by atoms with E-state index in [1.807, 2.05) is 20.4 Å². The highest BCUT2D eigenvalue weighted by Gasteiger charge is 2.39. The van der Waals surface area contributed by atoms with Gasteiger partial charge in [-0.2, -0.15) is 0 Å². The van der Waals surface area contributed by atoms with Gasteiger partial charge >= 0.3 is 0 Å². The summed E-state index contributed by atoms with van der Waals surface area (Å²) >= 11 is 0. The van der Waals surface area contributed by atoms with Crippen LogP contribution in [0.25, 0.3) is 0 Å². The third-order valence-corrected chi connectivity index (χ3v) is 4.51. The van der Waals surface area contributed by atoms with Gasteiger partial charge in [0.1, 0.15) is 0 Å². The predicted molar refractivity (Wildman–Crippen MR) is 79.6 cm³/mol. The molecular formula is C15H28N4O. The van der Waals surface area contributed by atoms with Crippen LogP contribution in [0.5, 0.6) is 0 Å². The summed E-state index contributed by atoms with van der Waals surface area (Å²) < 4.78 is 7.80. The summed E-state index contributed by atoms with van der Waals surface area (Å²) in [6.07, 6.45) is 10.3. The maximum absolute atomic E-state index is 6.03. The SMILES string of the molecule is CCNC(Cc1cn(C)nn1)C1(OC)CCCCCC1. The van der Waals surface area contributed by atoms with Crippen molar-refractivity contribution < 1.29 is 4.74 Å². The molecule has 1 atom stereocenters. The van der Waals surface area contributed by atoms with Gasteiger partial charge in [0.05, 0.1) is 11.3 Å². The van der Waals surface area contributed by atoms with Crippen LogP contribution in [0.2, 0.25) is 0 Å². The Kier molecular flexibility index (Phi) is 5.54. The Balaban J connectivity index is 2.15. The van der Waals surface area contributed by atoms with Crippen LogP contribution < -0.4 is 5.32 Å².